The first-order chi connectivity index (χ1) is 16.5. The fourth-order valence-corrected chi connectivity index (χ4v) is 4.76. The van der Waals surface area contributed by atoms with Crippen LogP contribution in [0, 0.1) is 0 Å². The van der Waals surface area contributed by atoms with Crippen molar-refractivity contribution in [3.63, 3.8) is 0 Å². The fourth-order valence-electron chi connectivity index (χ4n) is 4.50. The highest BCUT2D eigenvalue weighted by molar-refractivity contribution is 9.10. The number of aromatic carboxylic acids is 1. The first-order valence-electron chi connectivity index (χ1n) is 11.7. The number of likely N-dealkylation sites (N-methyl/N-ethyl adjacent to an activating group) is 1. The Morgan fingerprint density at radius 1 is 0.971 bits per heavy atom. The Hall–Kier alpha value is -2.67. The number of piperidine rings is 1. The second-order valence-electron chi connectivity index (χ2n) is 9.02. The molecular weight excluding hydrogens is 492 g/mol. The molecular formula is C28H31BrN2O3. The van der Waals surface area contributed by atoms with Gasteiger partial charge in [0.05, 0.1) is 5.56 Å². The van der Waals surface area contributed by atoms with E-state index in [-0.39, 0.29) is 0 Å². The van der Waals surface area contributed by atoms with Gasteiger partial charge >= 0.3 is 5.97 Å². The zero-order valence-corrected chi connectivity index (χ0v) is 21.1. The fraction of sp³-hybridized carbons (Fsp3) is 0.321. The molecule has 0 spiro atoms. The summed E-state index contributed by atoms with van der Waals surface area (Å²) >= 11 is 3.45. The number of hydrogen-bond acceptors (Lipinski definition) is 4. The van der Waals surface area contributed by atoms with Crippen LogP contribution in [0.4, 0.5) is 0 Å². The Balaban J connectivity index is 1.32. The third-order valence-electron chi connectivity index (χ3n) is 6.28. The molecule has 178 valence electrons. The predicted molar refractivity (Wildman–Crippen MR) is 138 cm³/mol. The quantitative estimate of drug-likeness (QED) is 0.351. The van der Waals surface area contributed by atoms with Gasteiger partial charge in [0.2, 0.25) is 0 Å². The first kappa shape index (κ1) is 24.5. The number of benzene rings is 3. The maximum absolute atomic E-state index is 11.1. The number of carbonyl (C=O) groups is 1. The van der Waals surface area contributed by atoms with Crippen LogP contribution in [0.3, 0.4) is 0 Å². The van der Waals surface area contributed by atoms with Crippen molar-refractivity contribution in [2.45, 2.75) is 38.4 Å². The highest BCUT2D eigenvalue weighted by Crippen LogP contribution is 2.25. The van der Waals surface area contributed by atoms with Gasteiger partial charge in [-0.05, 0) is 86.1 Å². The zero-order valence-electron chi connectivity index (χ0n) is 19.5. The van der Waals surface area contributed by atoms with E-state index in [1.165, 1.54) is 24.8 Å². The van der Waals surface area contributed by atoms with Crippen molar-refractivity contribution in [1.29, 1.82) is 0 Å². The third-order valence-corrected chi connectivity index (χ3v) is 6.81. The molecule has 1 N–H and O–H groups in total. The van der Waals surface area contributed by atoms with Gasteiger partial charge in [0.1, 0.15) is 11.5 Å². The highest BCUT2D eigenvalue weighted by Gasteiger charge is 2.23. The molecule has 0 amide bonds. The molecule has 0 bridgehead atoms. The summed E-state index contributed by atoms with van der Waals surface area (Å²) in [5, 5.41) is 9.09. The lowest BCUT2D eigenvalue weighted by Crippen LogP contribution is -2.45. The molecule has 1 aliphatic heterocycles. The van der Waals surface area contributed by atoms with Gasteiger partial charge in [-0.2, -0.15) is 0 Å². The van der Waals surface area contributed by atoms with Crippen molar-refractivity contribution < 1.29 is 14.6 Å². The van der Waals surface area contributed by atoms with Crippen molar-refractivity contribution in [3.05, 3.63) is 94.0 Å². The Kier molecular flexibility index (Phi) is 8.38. The third kappa shape index (κ3) is 6.92. The molecule has 3 aromatic carbocycles. The summed E-state index contributed by atoms with van der Waals surface area (Å²) in [6.07, 6.45) is 3.71. The van der Waals surface area contributed by atoms with Gasteiger partial charge < -0.3 is 14.7 Å². The molecule has 0 unspecified atom stereocenters. The number of nitrogens with zero attached hydrogens (tertiary/aromatic N) is 2. The summed E-state index contributed by atoms with van der Waals surface area (Å²) in [7, 11) is 2.14. The average molecular weight is 523 g/mol. The van der Waals surface area contributed by atoms with Crippen LogP contribution in [0.5, 0.6) is 11.5 Å². The van der Waals surface area contributed by atoms with Crippen molar-refractivity contribution in [2.24, 2.45) is 0 Å². The van der Waals surface area contributed by atoms with Crippen molar-refractivity contribution >= 4 is 21.9 Å². The molecule has 1 saturated heterocycles. The van der Waals surface area contributed by atoms with E-state index in [0.29, 0.717) is 11.6 Å². The van der Waals surface area contributed by atoms with Crippen LogP contribution < -0.4 is 4.74 Å². The SMILES string of the molecule is CN(Cc1ccc(C(=O)O)cc1)C[C@@H]1CCCCN1Cc1ccc(Oc2ccc(Br)cc2)cc1. The molecule has 34 heavy (non-hydrogen) atoms. The summed E-state index contributed by atoms with van der Waals surface area (Å²) in [5.41, 5.74) is 2.76. The van der Waals surface area contributed by atoms with Crippen LogP contribution in [0.2, 0.25) is 0 Å². The van der Waals surface area contributed by atoms with E-state index < -0.39 is 5.97 Å². The molecule has 0 aromatic heterocycles. The van der Waals surface area contributed by atoms with E-state index in [1.54, 1.807) is 12.1 Å². The van der Waals surface area contributed by atoms with Gasteiger partial charge in [0.25, 0.3) is 0 Å². The van der Waals surface area contributed by atoms with Crippen LogP contribution in [0.1, 0.15) is 40.7 Å². The predicted octanol–water partition coefficient (Wildman–Crippen LogP) is 6.43. The van der Waals surface area contributed by atoms with Crippen molar-refractivity contribution in [3.8, 4) is 11.5 Å². The van der Waals surface area contributed by atoms with Crippen LogP contribution in [0.25, 0.3) is 0 Å². The summed E-state index contributed by atoms with van der Waals surface area (Å²) in [6, 6.07) is 24.0. The summed E-state index contributed by atoms with van der Waals surface area (Å²) in [5.74, 6) is 0.785. The number of carboxylic acids is 1. The molecule has 1 aliphatic rings. The van der Waals surface area contributed by atoms with Crippen molar-refractivity contribution in [1.82, 2.24) is 9.80 Å². The normalized spacial score (nSPS) is 16.5. The smallest absolute Gasteiger partial charge is 0.335 e. The van der Waals surface area contributed by atoms with Crippen LogP contribution in [0.15, 0.2) is 77.3 Å². The van der Waals surface area contributed by atoms with Crippen LogP contribution >= 0.6 is 15.9 Å². The first-order valence-corrected chi connectivity index (χ1v) is 12.5. The van der Waals surface area contributed by atoms with E-state index in [1.807, 2.05) is 48.5 Å². The van der Waals surface area contributed by atoms with E-state index in [4.69, 9.17) is 9.84 Å². The zero-order chi connectivity index (χ0) is 23.9. The van der Waals surface area contributed by atoms with E-state index in [0.717, 1.165) is 47.7 Å². The molecule has 1 atom stereocenters. The van der Waals surface area contributed by atoms with E-state index in [2.05, 4.69) is 44.9 Å². The number of likely N-dealkylation sites (tertiary alicyclic amines) is 1. The second-order valence-corrected chi connectivity index (χ2v) is 9.93. The number of ether oxygens (including phenoxy) is 1. The minimum atomic E-state index is -0.884. The topological polar surface area (TPSA) is 53.0 Å². The number of halogens is 1. The minimum absolute atomic E-state index is 0.332. The van der Waals surface area contributed by atoms with Gasteiger partial charge in [-0.15, -0.1) is 0 Å². The van der Waals surface area contributed by atoms with Gasteiger partial charge in [-0.1, -0.05) is 46.6 Å². The summed E-state index contributed by atoms with van der Waals surface area (Å²) < 4.78 is 6.99. The largest absolute Gasteiger partial charge is 0.478 e. The van der Waals surface area contributed by atoms with Gasteiger partial charge in [-0.3, -0.25) is 4.90 Å². The lowest BCUT2D eigenvalue weighted by Gasteiger charge is -2.38. The standard InChI is InChI=1S/C28H31BrN2O3/c1-30(18-21-5-9-23(10-6-21)28(32)33)20-25-4-2-3-17-31(25)19-22-7-13-26(14-8-22)34-27-15-11-24(29)12-16-27/h5-16,25H,2-4,17-20H2,1H3,(H,32,33)/t25-/m0/s1. The molecule has 4 rings (SSSR count). The Morgan fingerprint density at radius 2 is 1.59 bits per heavy atom. The molecule has 6 heteroatoms. The number of hydrogen-bond donors (Lipinski definition) is 1. The lowest BCUT2D eigenvalue weighted by molar-refractivity contribution is 0.0697. The summed E-state index contributed by atoms with van der Waals surface area (Å²) in [4.78, 5) is 16.0. The van der Waals surface area contributed by atoms with Crippen LogP contribution in [-0.4, -0.2) is 47.1 Å². The maximum Gasteiger partial charge on any atom is 0.335 e. The molecule has 1 fully saturated rings. The minimum Gasteiger partial charge on any atom is -0.478 e. The van der Waals surface area contributed by atoms with Crippen LogP contribution in [-0.2, 0) is 13.1 Å². The second kappa shape index (κ2) is 11.6. The molecule has 3 aromatic rings. The van der Waals surface area contributed by atoms with E-state index >= 15 is 0 Å². The average Bonchev–Trinajstić information content (AvgIpc) is 2.83. The van der Waals surface area contributed by atoms with Crippen molar-refractivity contribution in [2.75, 3.05) is 20.1 Å². The van der Waals surface area contributed by atoms with Gasteiger partial charge in [0.15, 0.2) is 0 Å². The maximum atomic E-state index is 11.1. The number of carboxylic acid groups (broad SMARTS) is 1. The highest BCUT2D eigenvalue weighted by atomic mass is 79.9. The molecule has 0 saturated carbocycles. The Bertz CT molecular complexity index is 1070. The molecule has 0 aliphatic carbocycles. The van der Waals surface area contributed by atoms with Gasteiger partial charge in [0, 0.05) is 30.1 Å². The summed E-state index contributed by atoms with van der Waals surface area (Å²) in [6.45, 7) is 3.85. The molecule has 5 nitrogen and oxygen atoms in total. The molecule has 1 heterocycles. The lowest BCUT2D eigenvalue weighted by atomic mass is 10.0. The number of rotatable bonds is 9. The van der Waals surface area contributed by atoms with E-state index in [9.17, 15) is 4.79 Å². The monoisotopic (exact) mass is 522 g/mol. The Labute approximate surface area is 210 Å². The Morgan fingerprint density at radius 3 is 2.24 bits per heavy atom. The molecule has 0 radical (unpaired) electrons. The van der Waals surface area contributed by atoms with Gasteiger partial charge in [-0.25, -0.2) is 4.79 Å².